The molecule has 0 fully saturated rings. The number of carbonyl (C=O) groups is 2. The Morgan fingerprint density at radius 3 is 0.976 bits per heavy atom. The smallest absolute Gasteiger partial charge is 0.338 e. The maximum Gasteiger partial charge on any atom is 0.338 e. The Morgan fingerprint density at radius 2 is 0.714 bits per heavy atom. The molecule has 0 amide bonds. The molecule has 0 N–H and O–H groups in total. The van der Waals surface area contributed by atoms with Crippen molar-refractivity contribution in [2.45, 2.75) is 130 Å². The Hall–Kier alpha value is -1.92. The number of ether oxygens (including phenoxy) is 2. The maximum absolute atomic E-state index is 12.5. The fraction of sp³-hybridized carbons (Fsp3) is 0.778. The van der Waals surface area contributed by atoms with E-state index >= 15 is 0 Å². The van der Waals surface area contributed by atoms with Crippen molar-refractivity contribution in [2.75, 3.05) is 52.5 Å². The molecule has 0 saturated heterocycles. The van der Waals surface area contributed by atoms with E-state index in [1.807, 2.05) is 0 Å². The third-order valence-corrected chi connectivity index (χ3v) is 7.87. The number of esters is 2. The molecule has 42 heavy (non-hydrogen) atoms. The molecule has 0 saturated carbocycles. The number of rotatable bonds is 28. The molecule has 1 rings (SSSR count). The Balaban J connectivity index is 2.30. The SMILES string of the molecule is CCCCCN(CCCCC)CCCCOC(=O)c1ccc(C(=O)OCCCCN(CCCCC)CCCCC)cc1. The van der Waals surface area contributed by atoms with Crippen molar-refractivity contribution in [3.05, 3.63) is 35.4 Å². The summed E-state index contributed by atoms with van der Waals surface area (Å²) in [6.07, 6.45) is 19.0. The van der Waals surface area contributed by atoms with E-state index < -0.39 is 0 Å². The zero-order valence-corrected chi connectivity index (χ0v) is 27.8. The summed E-state index contributed by atoms with van der Waals surface area (Å²) in [5.74, 6) is -0.666. The van der Waals surface area contributed by atoms with E-state index in [1.54, 1.807) is 24.3 Å². The molecule has 0 aliphatic rings. The van der Waals surface area contributed by atoms with Gasteiger partial charge in [0.2, 0.25) is 0 Å². The second kappa shape index (κ2) is 26.7. The summed E-state index contributed by atoms with van der Waals surface area (Å²) in [7, 11) is 0. The lowest BCUT2D eigenvalue weighted by molar-refractivity contribution is 0.0480. The van der Waals surface area contributed by atoms with Crippen molar-refractivity contribution in [1.82, 2.24) is 9.80 Å². The Labute approximate surface area is 258 Å². The van der Waals surface area contributed by atoms with Crippen molar-refractivity contribution in [3.8, 4) is 0 Å². The summed E-state index contributed by atoms with van der Waals surface area (Å²) in [5.41, 5.74) is 0.942. The van der Waals surface area contributed by atoms with Gasteiger partial charge in [-0.1, -0.05) is 79.1 Å². The van der Waals surface area contributed by atoms with Gasteiger partial charge in [-0.05, 0) is 115 Å². The van der Waals surface area contributed by atoms with E-state index in [4.69, 9.17) is 9.47 Å². The monoisotopic (exact) mass is 588 g/mol. The van der Waals surface area contributed by atoms with Gasteiger partial charge in [0.15, 0.2) is 0 Å². The molecule has 0 radical (unpaired) electrons. The quantitative estimate of drug-likeness (QED) is 0.0719. The zero-order valence-electron chi connectivity index (χ0n) is 27.8. The first-order valence-electron chi connectivity index (χ1n) is 17.4. The summed E-state index contributed by atoms with van der Waals surface area (Å²) >= 11 is 0. The molecule has 0 aliphatic carbocycles. The number of hydrogen-bond donors (Lipinski definition) is 0. The first-order chi connectivity index (χ1) is 20.5. The van der Waals surface area contributed by atoms with Gasteiger partial charge in [-0.3, -0.25) is 0 Å². The second-order valence-electron chi connectivity index (χ2n) is 11.8. The largest absolute Gasteiger partial charge is 0.462 e. The van der Waals surface area contributed by atoms with Crippen molar-refractivity contribution in [1.29, 1.82) is 0 Å². The van der Waals surface area contributed by atoms with Crippen LogP contribution in [0, 0.1) is 0 Å². The summed E-state index contributed by atoms with van der Waals surface area (Å²) in [6, 6.07) is 6.64. The van der Waals surface area contributed by atoms with Gasteiger partial charge in [-0.15, -0.1) is 0 Å². The number of nitrogens with zero attached hydrogens (tertiary/aromatic N) is 2. The van der Waals surface area contributed by atoms with Crippen LogP contribution in [0.1, 0.15) is 151 Å². The molecule has 6 nitrogen and oxygen atoms in total. The lowest BCUT2D eigenvalue weighted by Crippen LogP contribution is -2.27. The van der Waals surface area contributed by atoms with Gasteiger partial charge in [0, 0.05) is 0 Å². The second-order valence-corrected chi connectivity index (χ2v) is 11.8. The highest BCUT2D eigenvalue weighted by molar-refractivity contribution is 5.93. The Bertz CT molecular complexity index is 698. The molecule has 1 aromatic rings. The molecule has 0 aromatic heterocycles. The molecular formula is C36H64N2O4. The minimum Gasteiger partial charge on any atom is -0.462 e. The topological polar surface area (TPSA) is 59.1 Å². The molecule has 0 bridgehead atoms. The van der Waals surface area contributed by atoms with Crippen LogP contribution < -0.4 is 0 Å². The van der Waals surface area contributed by atoms with Gasteiger partial charge in [0.1, 0.15) is 0 Å². The summed E-state index contributed by atoms with van der Waals surface area (Å²) in [5, 5.41) is 0. The van der Waals surface area contributed by atoms with E-state index in [9.17, 15) is 9.59 Å². The lowest BCUT2D eigenvalue weighted by atomic mass is 10.1. The van der Waals surface area contributed by atoms with E-state index in [0.29, 0.717) is 24.3 Å². The van der Waals surface area contributed by atoms with E-state index in [0.717, 1.165) is 38.8 Å². The van der Waals surface area contributed by atoms with Crippen LogP contribution in [0.2, 0.25) is 0 Å². The minimum atomic E-state index is -0.333. The van der Waals surface area contributed by atoms with Crippen molar-refractivity contribution in [2.24, 2.45) is 0 Å². The lowest BCUT2D eigenvalue weighted by Gasteiger charge is -2.22. The van der Waals surface area contributed by atoms with E-state index in [2.05, 4.69) is 37.5 Å². The molecule has 0 atom stereocenters. The summed E-state index contributed by atoms with van der Waals surface area (Å²) < 4.78 is 11.0. The first-order valence-corrected chi connectivity index (χ1v) is 17.4. The molecule has 0 unspecified atom stereocenters. The predicted molar refractivity (Wildman–Crippen MR) is 176 cm³/mol. The minimum absolute atomic E-state index is 0.333. The number of benzene rings is 1. The molecule has 1 aromatic carbocycles. The number of unbranched alkanes of at least 4 members (excludes halogenated alkanes) is 10. The van der Waals surface area contributed by atoms with E-state index in [-0.39, 0.29) is 11.9 Å². The molecule has 6 heteroatoms. The van der Waals surface area contributed by atoms with Gasteiger partial charge in [-0.2, -0.15) is 0 Å². The van der Waals surface area contributed by atoms with Crippen LogP contribution in [0.25, 0.3) is 0 Å². The van der Waals surface area contributed by atoms with Crippen LogP contribution >= 0.6 is 0 Å². The Kier molecular flexibility index (Phi) is 24.2. The third-order valence-electron chi connectivity index (χ3n) is 7.87. The fourth-order valence-electron chi connectivity index (χ4n) is 5.13. The predicted octanol–water partition coefficient (Wildman–Crippen LogP) is 8.93. The highest BCUT2D eigenvalue weighted by Gasteiger charge is 2.12. The zero-order chi connectivity index (χ0) is 30.7. The normalized spacial score (nSPS) is 11.4. The molecule has 0 aliphatic heterocycles. The van der Waals surface area contributed by atoms with Gasteiger partial charge in [0.05, 0.1) is 24.3 Å². The molecule has 242 valence electrons. The van der Waals surface area contributed by atoms with Gasteiger partial charge < -0.3 is 19.3 Å². The molecular weight excluding hydrogens is 524 g/mol. The van der Waals surface area contributed by atoms with Crippen LogP contribution in [0.5, 0.6) is 0 Å². The summed E-state index contributed by atoms with van der Waals surface area (Å²) in [6.45, 7) is 16.6. The van der Waals surface area contributed by atoms with Crippen LogP contribution in [-0.4, -0.2) is 74.2 Å². The van der Waals surface area contributed by atoms with Gasteiger partial charge >= 0.3 is 11.9 Å². The van der Waals surface area contributed by atoms with Gasteiger partial charge in [-0.25, -0.2) is 9.59 Å². The Morgan fingerprint density at radius 1 is 0.452 bits per heavy atom. The highest BCUT2D eigenvalue weighted by atomic mass is 16.5. The highest BCUT2D eigenvalue weighted by Crippen LogP contribution is 2.10. The fourth-order valence-corrected chi connectivity index (χ4v) is 5.13. The van der Waals surface area contributed by atoms with E-state index in [1.165, 1.54) is 103 Å². The maximum atomic E-state index is 12.5. The standard InChI is InChI=1S/C36H64N2O4/c1-5-9-13-25-37(26-14-10-6-2)29-17-19-31-41-35(39)33-21-23-34(24-22-33)36(40)42-32-20-18-30-38(27-15-11-7-3)28-16-12-8-4/h21-24H,5-20,25-32H2,1-4H3. The van der Waals surface area contributed by atoms with Crippen LogP contribution in [0.3, 0.4) is 0 Å². The number of carbonyl (C=O) groups excluding carboxylic acids is 2. The first kappa shape index (κ1) is 38.1. The third kappa shape index (κ3) is 19.3. The van der Waals surface area contributed by atoms with Crippen LogP contribution in [0.15, 0.2) is 24.3 Å². The molecule has 0 spiro atoms. The van der Waals surface area contributed by atoms with Crippen LogP contribution in [-0.2, 0) is 9.47 Å². The average Bonchev–Trinajstić information content (AvgIpc) is 3.00. The van der Waals surface area contributed by atoms with Crippen LogP contribution in [0.4, 0.5) is 0 Å². The van der Waals surface area contributed by atoms with Gasteiger partial charge in [0.25, 0.3) is 0 Å². The average molecular weight is 589 g/mol. The van der Waals surface area contributed by atoms with Crippen molar-refractivity contribution < 1.29 is 19.1 Å². The summed E-state index contributed by atoms with van der Waals surface area (Å²) in [4.78, 5) is 30.1. The van der Waals surface area contributed by atoms with Crippen molar-refractivity contribution in [3.63, 3.8) is 0 Å². The van der Waals surface area contributed by atoms with Crippen molar-refractivity contribution >= 4 is 11.9 Å². The molecule has 0 heterocycles. The number of hydrogen-bond acceptors (Lipinski definition) is 6.